The van der Waals surface area contributed by atoms with Crippen LogP contribution in [0.3, 0.4) is 0 Å². The molecule has 6 nitrogen and oxygen atoms in total. The highest BCUT2D eigenvalue weighted by atomic mass is 35.5. The number of alkyl halides is 2. The third-order valence-corrected chi connectivity index (χ3v) is 6.83. The first-order valence-corrected chi connectivity index (χ1v) is 10.5. The van der Waals surface area contributed by atoms with E-state index in [0.717, 1.165) is 6.21 Å². The topological polar surface area (TPSA) is 102 Å². The van der Waals surface area contributed by atoms with Gasteiger partial charge in [-0.1, -0.05) is 25.4 Å². The van der Waals surface area contributed by atoms with E-state index in [1.165, 1.54) is 0 Å². The lowest BCUT2D eigenvalue weighted by Crippen LogP contribution is -2.55. The van der Waals surface area contributed by atoms with Crippen LogP contribution >= 0.6 is 11.6 Å². The van der Waals surface area contributed by atoms with Gasteiger partial charge in [0.2, 0.25) is 0 Å². The Morgan fingerprint density at radius 3 is 2.53 bits per heavy atom. The number of urea groups is 1. The molecule has 1 saturated carbocycles. The van der Waals surface area contributed by atoms with Crippen molar-refractivity contribution in [2.75, 3.05) is 18.8 Å². The Morgan fingerprint density at radius 1 is 1.40 bits per heavy atom. The summed E-state index contributed by atoms with van der Waals surface area (Å²) in [6, 6.07) is 2.45. The van der Waals surface area contributed by atoms with Crippen LogP contribution < -0.4 is 11.1 Å². The number of nitrogens with one attached hydrogen (secondary N) is 2. The second-order valence-electron chi connectivity index (χ2n) is 9.04. The number of carbonyl (C=O) groups excluding carboxylic acids is 1. The van der Waals surface area contributed by atoms with Crippen LogP contribution in [0.2, 0.25) is 5.02 Å². The Balaban J connectivity index is 1.62. The monoisotopic (exact) mass is 442 g/mol. The maximum atomic E-state index is 13.0. The number of nitrogen functional groups attached to an aromatic ring is 1. The van der Waals surface area contributed by atoms with Crippen molar-refractivity contribution in [2.45, 2.75) is 57.6 Å². The molecule has 3 rings (SSSR count). The normalized spacial score (nSPS) is 21.1. The van der Waals surface area contributed by atoms with Gasteiger partial charge < -0.3 is 26.5 Å². The molecule has 2 amide bonds. The number of nitrogens with two attached hydrogens (primary N) is 1. The number of aliphatic hydroxyl groups is 1. The predicted molar refractivity (Wildman–Crippen MR) is 113 cm³/mol. The van der Waals surface area contributed by atoms with Gasteiger partial charge >= 0.3 is 6.03 Å². The van der Waals surface area contributed by atoms with Crippen LogP contribution in [0.4, 0.5) is 19.3 Å². The van der Waals surface area contributed by atoms with Gasteiger partial charge in [0.15, 0.2) is 0 Å². The van der Waals surface area contributed by atoms with Crippen molar-refractivity contribution in [2.24, 2.45) is 11.3 Å². The number of piperidine rings is 1. The van der Waals surface area contributed by atoms with Crippen LogP contribution in [0.1, 0.15) is 56.8 Å². The number of amides is 2. The Labute approximate surface area is 180 Å². The third-order valence-electron chi connectivity index (χ3n) is 6.62. The van der Waals surface area contributed by atoms with E-state index >= 15 is 0 Å². The van der Waals surface area contributed by atoms with Crippen LogP contribution in [0.5, 0.6) is 0 Å². The number of rotatable bonds is 5. The average molecular weight is 443 g/mol. The number of carbonyl (C=O) groups is 1. The number of benzene rings is 1. The molecule has 0 radical (unpaired) electrons. The Kier molecular flexibility index (Phi) is 6.30. The highest BCUT2D eigenvalue weighted by Crippen LogP contribution is 2.46. The molecule has 1 aliphatic carbocycles. The van der Waals surface area contributed by atoms with Gasteiger partial charge in [0.25, 0.3) is 5.92 Å². The standard InChI is InChI=1S/C21H29ClF2N4O2/c1-20(2,18(29)16-8-14(22)7-12(11-25)17(16)26)13-3-5-28(6-4-13)19(30)27-15-9-21(23,24)10-15/h7-8,11,13,15,18,25,29H,3-6,9-10,26H2,1-2H3,(H,27,30). The summed E-state index contributed by atoms with van der Waals surface area (Å²) in [5, 5.41) is 21.7. The van der Waals surface area contributed by atoms with E-state index in [0.29, 0.717) is 47.8 Å². The summed E-state index contributed by atoms with van der Waals surface area (Å²) in [7, 11) is 0. The summed E-state index contributed by atoms with van der Waals surface area (Å²) in [5.74, 6) is -2.54. The molecule has 1 unspecified atom stereocenters. The van der Waals surface area contributed by atoms with Crippen molar-refractivity contribution in [1.29, 1.82) is 5.41 Å². The highest BCUT2D eigenvalue weighted by Gasteiger charge is 2.46. The van der Waals surface area contributed by atoms with E-state index in [-0.39, 0.29) is 24.8 Å². The smallest absolute Gasteiger partial charge is 0.317 e. The highest BCUT2D eigenvalue weighted by molar-refractivity contribution is 6.31. The zero-order valence-electron chi connectivity index (χ0n) is 17.2. The minimum Gasteiger partial charge on any atom is -0.398 e. The number of anilines is 1. The lowest BCUT2D eigenvalue weighted by Gasteiger charge is -2.44. The molecular weight excluding hydrogens is 414 g/mol. The van der Waals surface area contributed by atoms with Gasteiger partial charge in [0, 0.05) is 60.0 Å². The van der Waals surface area contributed by atoms with E-state index in [1.54, 1.807) is 17.0 Å². The molecular formula is C21H29ClF2N4O2. The maximum Gasteiger partial charge on any atom is 0.317 e. The van der Waals surface area contributed by atoms with Gasteiger partial charge in [-0.25, -0.2) is 13.6 Å². The molecule has 5 N–H and O–H groups in total. The van der Waals surface area contributed by atoms with E-state index in [9.17, 15) is 18.7 Å². The van der Waals surface area contributed by atoms with Gasteiger partial charge in [-0.15, -0.1) is 0 Å². The molecule has 1 aromatic carbocycles. The number of aliphatic hydroxyl groups excluding tert-OH is 1. The fraction of sp³-hybridized carbons (Fsp3) is 0.619. The summed E-state index contributed by atoms with van der Waals surface area (Å²) in [4.78, 5) is 14.0. The maximum absolute atomic E-state index is 13.0. The summed E-state index contributed by atoms with van der Waals surface area (Å²) in [5.41, 5.74) is 6.90. The first-order chi connectivity index (χ1) is 13.9. The van der Waals surface area contributed by atoms with Gasteiger partial charge in [-0.05, 0) is 36.3 Å². The van der Waals surface area contributed by atoms with Crippen LogP contribution in [0.25, 0.3) is 0 Å². The second-order valence-corrected chi connectivity index (χ2v) is 9.47. The number of nitrogens with zero attached hydrogens (tertiary/aromatic N) is 1. The van der Waals surface area contributed by atoms with Crippen LogP contribution in [-0.2, 0) is 0 Å². The van der Waals surface area contributed by atoms with Crippen molar-refractivity contribution >= 4 is 29.5 Å². The van der Waals surface area contributed by atoms with Crippen LogP contribution in [0.15, 0.2) is 12.1 Å². The van der Waals surface area contributed by atoms with E-state index in [4.69, 9.17) is 22.7 Å². The quantitative estimate of drug-likeness (QED) is 0.406. The molecule has 1 aromatic rings. The Hall–Kier alpha value is -1.93. The molecule has 166 valence electrons. The van der Waals surface area contributed by atoms with Crippen molar-refractivity contribution in [3.05, 3.63) is 28.3 Å². The summed E-state index contributed by atoms with van der Waals surface area (Å²) >= 11 is 6.14. The van der Waals surface area contributed by atoms with Crippen molar-refractivity contribution < 1.29 is 18.7 Å². The molecule has 2 aliphatic rings. The fourth-order valence-electron chi connectivity index (χ4n) is 4.49. The summed E-state index contributed by atoms with van der Waals surface area (Å²) in [6.45, 7) is 4.90. The van der Waals surface area contributed by atoms with Gasteiger partial charge in [0.1, 0.15) is 0 Å². The minimum absolute atomic E-state index is 0.117. The SMILES string of the molecule is CC(C)(C1CCN(C(=O)NC2CC(F)(F)C2)CC1)C(O)c1cc(Cl)cc(C=N)c1N. The summed E-state index contributed by atoms with van der Waals surface area (Å²) < 4.78 is 25.9. The molecule has 0 spiro atoms. The Bertz CT molecular complexity index is 817. The minimum atomic E-state index is -2.66. The van der Waals surface area contributed by atoms with E-state index < -0.39 is 23.5 Å². The van der Waals surface area contributed by atoms with E-state index in [2.05, 4.69) is 5.32 Å². The van der Waals surface area contributed by atoms with Crippen molar-refractivity contribution in [1.82, 2.24) is 10.2 Å². The van der Waals surface area contributed by atoms with Gasteiger partial charge in [-0.2, -0.15) is 0 Å². The molecule has 1 aliphatic heterocycles. The lowest BCUT2D eigenvalue weighted by atomic mass is 9.68. The lowest BCUT2D eigenvalue weighted by molar-refractivity contribution is -0.0905. The number of hydrogen-bond acceptors (Lipinski definition) is 4. The molecule has 0 aromatic heterocycles. The third kappa shape index (κ3) is 4.54. The average Bonchev–Trinajstić information content (AvgIpc) is 2.67. The number of likely N-dealkylation sites (tertiary alicyclic amines) is 1. The zero-order valence-corrected chi connectivity index (χ0v) is 18.0. The molecule has 1 heterocycles. The molecule has 30 heavy (non-hydrogen) atoms. The van der Waals surface area contributed by atoms with E-state index in [1.807, 2.05) is 13.8 Å². The molecule has 0 bridgehead atoms. The van der Waals surface area contributed by atoms with Gasteiger partial charge in [0.05, 0.1) is 6.10 Å². The van der Waals surface area contributed by atoms with Crippen LogP contribution in [-0.4, -0.2) is 47.3 Å². The first-order valence-electron chi connectivity index (χ1n) is 10.2. The largest absolute Gasteiger partial charge is 0.398 e. The fourth-order valence-corrected chi connectivity index (χ4v) is 4.72. The first kappa shape index (κ1) is 22.7. The van der Waals surface area contributed by atoms with Gasteiger partial charge in [-0.3, -0.25) is 0 Å². The van der Waals surface area contributed by atoms with Crippen molar-refractivity contribution in [3.63, 3.8) is 0 Å². The zero-order chi connectivity index (χ0) is 22.3. The predicted octanol–water partition coefficient (Wildman–Crippen LogP) is 4.20. The number of halogens is 3. The Morgan fingerprint density at radius 2 is 2.00 bits per heavy atom. The van der Waals surface area contributed by atoms with Crippen LogP contribution in [0, 0.1) is 16.7 Å². The molecule has 9 heteroatoms. The number of hydrogen-bond donors (Lipinski definition) is 4. The molecule has 1 atom stereocenters. The molecule has 1 saturated heterocycles. The summed E-state index contributed by atoms with van der Waals surface area (Å²) in [6.07, 6.45) is 0.976. The molecule has 2 fully saturated rings. The second kappa shape index (κ2) is 8.30. The van der Waals surface area contributed by atoms with Crippen molar-refractivity contribution in [3.8, 4) is 0 Å².